The Hall–Kier alpha value is -2.99. The number of carbonyl (C=O) groups excluding carboxylic acids is 2. The Morgan fingerprint density at radius 3 is 2.80 bits per heavy atom. The third-order valence-corrected chi connectivity index (χ3v) is 3.63. The van der Waals surface area contributed by atoms with Crippen LogP contribution in [0.1, 0.15) is 5.56 Å². The predicted molar refractivity (Wildman–Crippen MR) is 92.6 cm³/mol. The van der Waals surface area contributed by atoms with Crippen molar-refractivity contribution in [3.05, 3.63) is 59.1 Å². The summed E-state index contributed by atoms with van der Waals surface area (Å²) in [7, 11) is 0. The number of carbonyl (C=O) groups is 2. The maximum atomic E-state index is 11.8. The first kappa shape index (κ1) is 16.9. The zero-order valence-corrected chi connectivity index (χ0v) is 13.8. The van der Waals surface area contributed by atoms with Crippen molar-refractivity contribution < 1.29 is 23.8 Å². The van der Waals surface area contributed by atoms with Crippen LogP contribution in [0.3, 0.4) is 0 Å². The number of rotatable bonds is 5. The first-order valence-electron chi connectivity index (χ1n) is 7.41. The lowest BCUT2D eigenvalue weighted by Gasteiger charge is -2.06. The molecule has 1 aliphatic heterocycles. The number of halogens is 1. The van der Waals surface area contributed by atoms with Crippen molar-refractivity contribution in [1.82, 2.24) is 0 Å². The van der Waals surface area contributed by atoms with Gasteiger partial charge in [0.1, 0.15) is 0 Å². The molecule has 0 spiro atoms. The van der Waals surface area contributed by atoms with Crippen LogP contribution in [0.25, 0.3) is 6.08 Å². The third-order valence-electron chi connectivity index (χ3n) is 3.30. The van der Waals surface area contributed by atoms with Gasteiger partial charge in [-0.25, -0.2) is 4.79 Å². The topological polar surface area (TPSA) is 73.9 Å². The molecule has 7 heteroatoms. The van der Waals surface area contributed by atoms with Gasteiger partial charge < -0.3 is 19.5 Å². The second-order valence-electron chi connectivity index (χ2n) is 5.08. The van der Waals surface area contributed by atoms with Crippen LogP contribution in [0.5, 0.6) is 11.5 Å². The number of amides is 1. The third kappa shape index (κ3) is 4.51. The van der Waals surface area contributed by atoms with Gasteiger partial charge in [0.2, 0.25) is 6.79 Å². The molecule has 1 aliphatic rings. The number of hydrogen-bond donors (Lipinski definition) is 1. The van der Waals surface area contributed by atoms with Gasteiger partial charge in [0.25, 0.3) is 5.91 Å². The number of esters is 1. The summed E-state index contributed by atoms with van der Waals surface area (Å²) in [6.07, 6.45) is 2.80. The van der Waals surface area contributed by atoms with E-state index in [9.17, 15) is 9.59 Å². The van der Waals surface area contributed by atoms with Crippen molar-refractivity contribution in [2.75, 3.05) is 18.7 Å². The molecule has 1 N–H and O–H groups in total. The van der Waals surface area contributed by atoms with E-state index in [-0.39, 0.29) is 6.79 Å². The van der Waals surface area contributed by atoms with Gasteiger partial charge in [0, 0.05) is 6.08 Å². The van der Waals surface area contributed by atoms with Crippen molar-refractivity contribution in [3.8, 4) is 11.5 Å². The average molecular weight is 360 g/mol. The first-order chi connectivity index (χ1) is 12.1. The average Bonchev–Trinajstić information content (AvgIpc) is 3.08. The van der Waals surface area contributed by atoms with Gasteiger partial charge in [-0.1, -0.05) is 29.8 Å². The van der Waals surface area contributed by atoms with E-state index in [0.717, 1.165) is 5.56 Å². The van der Waals surface area contributed by atoms with Crippen LogP contribution < -0.4 is 14.8 Å². The highest BCUT2D eigenvalue weighted by atomic mass is 35.5. The number of nitrogens with one attached hydrogen (secondary N) is 1. The molecular weight excluding hydrogens is 346 g/mol. The molecule has 6 nitrogen and oxygen atoms in total. The molecule has 128 valence electrons. The highest BCUT2D eigenvalue weighted by molar-refractivity contribution is 6.33. The number of anilines is 1. The number of benzene rings is 2. The summed E-state index contributed by atoms with van der Waals surface area (Å²) >= 11 is 5.94. The summed E-state index contributed by atoms with van der Waals surface area (Å²) in [6.45, 7) is -0.222. The van der Waals surface area contributed by atoms with Crippen molar-refractivity contribution in [3.63, 3.8) is 0 Å². The van der Waals surface area contributed by atoms with Crippen LogP contribution in [0, 0.1) is 0 Å². The molecule has 3 rings (SSSR count). The molecular formula is C18H14ClNO5. The van der Waals surface area contributed by atoms with Crippen molar-refractivity contribution in [2.45, 2.75) is 0 Å². The van der Waals surface area contributed by atoms with E-state index in [1.807, 2.05) is 0 Å². The maximum absolute atomic E-state index is 11.8. The number of fused-ring (bicyclic) bond motifs is 1. The lowest BCUT2D eigenvalue weighted by atomic mass is 10.2. The fraction of sp³-hybridized carbons (Fsp3) is 0.111. The lowest BCUT2D eigenvalue weighted by Crippen LogP contribution is -2.20. The van der Waals surface area contributed by atoms with Crippen molar-refractivity contribution >= 4 is 35.2 Å². The van der Waals surface area contributed by atoms with Crippen LogP contribution >= 0.6 is 11.6 Å². The molecule has 2 aromatic rings. The fourth-order valence-corrected chi connectivity index (χ4v) is 2.30. The van der Waals surface area contributed by atoms with Gasteiger partial charge >= 0.3 is 5.97 Å². The largest absolute Gasteiger partial charge is 0.454 e. The summed E-state index contributed by atoms with van der Waals surface area (Å²) in [5, 5.41) is 2.97. The van der Waals surface area contributed by atoms with Crippen LogP contribution in [0.4, 0.5) is 5.69 Å². The zero-order chi connectivity index (χ0) is 17.6. The molecule has 2 aromatic carbocycles. The van der Waals surface area contributed by atoms with E-state index in [1.165, 1.54) is 6.08 Å². The number of hydrogen-bond acceptors (Lipinski definition) is 5. The Morgan fingerprint density at radius 1 is 1.16 bits per heavy atom. The van der Waals surface area contributed by atoms with Gasteiger partial charge in [-0.3, -0.25) is 4.79 Å². The van der Waals surface area contributed by atoms with Crippen LogP contribution in [-0.4, -0.2) is 25.3 Å². The quantitative estimate of drug-likeness (QED) is 0.655. The molecule has 0 unspecified atom stereocenters. The Bertz CT molecular complexity index is 834. The zero-order valence-electron chi connectivity index (χ0n) is 13.0. The van der Waals surface area contributed by atoms with E-state index in [0.29, 0.717) is 22.2 Å². The second-order valence-corrected chi connectivity index (χ2v) is 5.49. The lowest BCUT2D eigenvalue weighted by molar-refractivity contribution is -0.142. The standard InChI is InChI=1S/C18H14ClNO5/c19-13-3-1-2-4-14(13)20-17(21)10-23-18(22)8-6-12-5-7-15-16(9-12)25-11-24-15/h1-9H,10-11H2,(H,20,21). The molecule has 1 amide bonds. The monoisotopic (exact) mass is 359 g/mol. The van der Waals surface area contributed by atoms with Crippen LogP contribution in [0.2, 0.25) is 5.02 Å². The van der Waals surface area contributed by atoms with Gasteiger partial charge in [0.15, 0.2) is 18.1 Å². The Labute approximate surface area is 148 Å². The summed E-state index contributed by atoms with van der Waals surface area (Å²) in [6, 6.07) is 12.1. The van der Waals surface area contributed by atoms with E-state index in [1.54, 1.807) is 48.5 Å². The summed E-state index contributed by atoms with van der Waals surface area (Å²) in [5.74, 6) is 0.176. The second kappa shape index (κ2) is 7.72. The van der Waals surface area contributed by atoms with Crippen molar-refractivity contribution in [1.29, 1.82) is 0 Å². The molecule has 0 saturated heterocycles. The summed E-state index contributed by atoms with van der Waals surface area (Å²) in [5.41, 5.74) is 1.21. The molecule has 0 saturated carbocycles. The highest BCUT2D eigenvalue weighted by Gasteiger charge is 2.12. The molecule has 0 aromatic heterocycles. The van der Waals surface area contributed by atoms with Gasteiger partial charge in [-0.2, -0.15) is 0 Å². The van der Waals surface area contributed by atoms with E-state index >= 15 is 0 Å². The van der Waals surface area contributed by atoms with Crippen LogP contribution in [-0.2, 0) is 14.3 Å². The minimum atomic E-state index is -0.632. The van der Waals surface area contributed by atoms with Crippen molar-refractivity contribution in [2.24, 2.45) is 0 Å². The number of ether oxygens (including phenoxy) is 3. The number of para-hydroxylation sites is 1. The predicted octanol–water partition coefficient (Wildman–Crippen LogP) is 3.26. The Balaban J connectivity index is 1.49. The minimum Gasteiger partial charge on any atom is -0.454 e. The molecule has 1 heterocycles. The summed E-state index contributed by atoms with van der Waals surface area (Å²) < 4.78 is 15.4. The molecule has 0 fully saturated rings. The SMILES string of the molecule is O=C(COC(=O)C=Cc1ccc2c(c1)OCO2)Nc1ccccc1Cl. The normalized spacial score (nSPS) is 12.2. The highest BCUT2D eigenvalue weighted by Crippen LogP contribution is 2.32. The molecule has 0 radical (unpaired) electrons. The van der Waals surface area contributed by atoms with E-state index in [4.69, 9.17) is 25.8 Å². The first-order valence-corrected chi connectivity index (χ1v) is 7.78. The molecule has 0 bridgehead atoms. The molecule has 0 atom stereocenters. The van der Waals surface area contributed by atoms with Gasteiger partial charge in [0.05, 0.1) is 10.7 Å². The van der Waals surface area contributed by atoms with Gasteiger partial charge in [-0.05, 0) is 35.9 Å². The summed E-state index contributed by atoms with van der Waals surface area (Å²) in [4.78, 5) is 23.5. The molecule has 0 aliphatic carbocycles. The van der Waals surface area contributed by atoms with E-state index in [2.05, 4.69) is 5.32 Å². The molecule has 25 heavy (non-hydrogen) atoms. The van der Waals surface area contributed by atoms with E-state index < -0.39 is 18.5 Å². The Morgan fingerprint density at radius 2 is 1.96 bits per heavy atom. The smallest absolute Gasteiger partial charge is 0.331 e. The maximum Gasteiger partial charge on any atom is 0.331 e. The Kier molecular flexibility index (Phi) is 5.20. The minimum absolute atomic E-state index is 0.186. The fourth-order valence-electron chi connectivity index (χ4n) is 2.11. The van der Waals surface area contributed by atoms with Gasteiger partial charge in [-0.15, -0.1) is 0 Å². The van der Waals surface area contributed by atoms with Crippen LogP contribution in [0.15, 0.2) is 48.5 Å².